The average Bonchev–Trinajstić information content (AvgIpc) is 3.15. The zero-order valence-corrected chi connectivity index (χ0v) is 13.2. The van der Waals surface area contributed by atoms with Crippen molar-refractivity contribution in [2.45, 2.75) is 13.0 Å². The number of aromatic nitrogens is 1. The summed E-state index contributed by atoms with van der Waals surface area (Å²) in [6, 6.07) is 17.3. The SMILES string of the molecule is O=C(NCCc1ccccc1)c1ccc(NCc2ccco2)nc1. The third-order valence-electron chi connectivity index (χ3n) is 3.59. The molecular formula is C19H19N3O2. The van der Waals surface area contributed by atoms with E-state index < -0.39 is 0 Å². The van der Waals surface area contributed by atoms with E-state index in [-0.39, 0.29) is 5.91 Å². The van der Waals surface area contributed by atoms with Gasteiger partial charge in [0, 0.05) is 12.7 Å². The Kier molecular flexibility index (Phi) is 5.24. The Bertz CT molecular complexity index is 753. The molecule has 0 radical (unpaired) electrons. The lowest BCUT2D eigenvalue weighted by Gasteiger charge is -2.07. The zero-order valence-electron chi connectivity index (χ0n) is 13.2. The van der Waals surface area contributed by atoms with Gasteiger partial charge in [0.2, 0.25) is 0 Å². The van der Waals surface area contributed by atoms with E-state index in [0.29, 0.717) is 24.5 Å². The highest BCUT2D eigenvalue weighted by molar-refractivity contribution is 5.94. The van der Waals surface area contributed by atoms with E-state index in [1.807, 2.05) is 42.5 Å². The summed E-state index contributed by atoms with van der Waals surface area (Å²) >= 11 is 0. The van der Waals surface area contributed by atoms with E-state index in [0.717, 1.165) is 12.2 Å². The van der Waals surface area contributed by atoms with Crippen LogP contribution in [-0.4, -0.2) is 17.4 Å². The number of hydrogen-bond acceptors (Lipinski definition) is 4. The van der Waals surface area contributed by atoms with Crippen LogP contribution in [0.3, 0.4) is 0 Å². The molecule has 5 heteroatoms. The highest BCUT2D eigenvalue weighted by atomic mass is 16.3. The molecule has 3 aromatic rings. The predicted molar refractivity (Wildman–Crippen MR) is 92.8 cm³/mol. The molecule has 3 rings (SSSR count). The molecule has 2 aromatic heterocycles. The Labute approximate surface area is 140 Å². The molecule has 2 N–H and O–H groups in total. The third-order valence-corrected chi connectivity index (χ3v) is 3.59. The van der Waals surface area contributed by atoms with Crippen LogP contribution in [-0.2, 0) is 13.0 Å². The highest BCUT2D eigenvalue weighted by Crippen LogP contribution is 2.08. The number of amides is 1. The van der Waals surface area contributed by atoms with Crippen LogP contribution in [0.4, 0.5) is 5.82 Å². The first-order valence-electron chi connectivity index (χ1n) is 7.86. The van der Waals surface area contributed by atoms with Gasteiger partial charge < -0.3 is 15.1 Å². The lowest BCUT2D eigenvalue weighted by molar-refractivity contribution is 0.0954. The van der Waals surface area contributed by atoms with Gasteiger partial charge in [0.15, 0.2) is 0 Å². The standard InChI is InChI=1S/C19H19N3O2/c23-19(20-11-10-15-5-2-1-3-6-15)16-8-9-18(21-13-16)22-14-17-7-4-12-24-17/h1-9,12-13H,10-11,14H2,(H,20,23)(H,21,22). The molecule has 0 spiro atoms. The second kappa shape index (κ2) is 7.97. The zero-order chi connectivity index (χ0) is 16.6. The second-order valence-electron chi connectivity index (χ2n) is 5.36. The molecule has 0 aliphatic heterocycles. The summed E-state index contributed by atoms with van der Waals surface area (Å²) < 4.78 is 5.24. The Balaban J connectivity index is 1.46. The molecule has 0 atom stereocenters. The van der Waals surface area contributed by atoms with Crippen molar-refractivity contribution in [2.24, 2.45) is 0 Å². The fourth-order valence-corrected chi connectivity index (χ4v) is 2.29. The fraction of sp³-hybridized carbons (Fsp3) is 0.158. The first-order chi connectivity index (χ1) is 11.8. The number of hydrogen-bond donors (Lipinski definition) is 2. The smallest absolute Gasteiger partial charge is 0.252 e. The largest absolute Gasteiger partial charge is 0.467 e. The number of pyridine rings is 1. The molecule has 0 aliphatic rings. The minimum atomic E-state index is -0.115. The summed E-state index contributed by atoms with van der Waals surface area (Å²) in [6.45, 7) is 1.16. The number of furan rings is 1. The third kappa shape index (κ3) is 4.46. The second-order valence-corrected chi connectivity index (χ2v) is 5.36. The topological polar surface area (TPSA) is 67.2 Å². The molecule has 2 heterocycles. The van der Waals surface area contributed by atoms with Crippen molar-refractivity contribution in [3.05, 3.63) is 83.9 Å². The van der Waals surface area contributed by atoms with Crippen LogP contribution < -0.4 is 10.6 Å². The summed E-state index contributed by atoms with van der Waals surface area (Å²) in [5.41, 5.74) is 1.75. The first kappa shape index (κ1) is 15.8. The van der Waals surface area contributed by atoms with Gasteiger partial charge in [-0.1, -0.05) is 30.3 Å². The van der Waals surface area contributed by atoms with Gasteiger partial charge in [-0.2, -0.15) is 0 Å². The molecule has 0 unspecified atom stereocenters. The van der Waals surface area contributed by atoms with Crippen LogP contribution in [0, 0.1) is 0 Å². The number of benzene rings is 1. The van der Waals surface area contributed by atoms with E-state index in [1.54, 1.807) is 24.6 Å². The van der Waals surface area contributed by atoms with E-state index in [4.69, 9.17) is 4.42 Å². The van der Waals surface area contributed by atoms with Crippen LogP contribution in [0.15, 0.2) is 71.5 Å². The van der Waals surface area contributed by atoms with E-state index >= 15 is 0 Å². The quantitative estimate of drug-likeness (QED) is 0.701. The molecule has 122 valence electrons. The van der Waals surface area contributed by atoms with E-state index in [1.165, 1.54) is 5.56 Å². The minimum absolute atomic E-state index is 0.115. The van der Waals surface area contributed by atoms with E-state index in [2.05, 4.69) is 15.6 Å². The fourth-order valence-electron chi connectivity index (χ4n) is 2.29. The van der Waals surface area contributed by atoms with Crippen LogP contribution in [0.2, 0.25) is 0 Å². The lowest BCUT2D eigenvalue weighted by atomic mass is 10.1. The van der Waals surface area contributed by atoms with Gasteiger partial charge in [-0.15, -0.1) is 0 Å². The molecule has 0 fully saturated rings. The number of carbonyl (C=O) groups excluding carboxylic acids is 1. The monoisotopic (exact) mass is 321 g/mol. The van der Waals surface area contributed by atoms with Crippen molar-refractivity contribution in [1.29, 1.82) is 0 Å². The predicted octanol–water partition coefficient (Wildman–Crippen LogP) is 3.26. The van der Waals surface area contributed by atoms with Gasteiger partial charge >= 0.3 is 0 Å². The maximum Gasteiger partial charge on any atom is 0.252 e. The van der Waals surface area contributed by atoms with Crippen molar-refractivity contribution in [2.75, 3.05) is 11.9 Å². The average molecular weight is 321 g/mol. The van der Waals surface area contributed by atoms with Crippen molar-refractivity contribution in [1.82, 2.24) is 10.3 Å². The maximum absolute atomic E-state index is 12.1. The Morgan fingerprint density at radius 1 is 1.04 bits per heavy atom. The van der Waals surface area contributed by atoms with Crippen LogP contribution in [0.25, 0.3) is 0 Å². The first-order valence-corrected chi connectivity index (χ1v) is 7.86. The Morgan fingerprint density at radius 3 is 2.62 bits per heavy atom. The molecule has 5 nitrogen and oxygen atoms in total. The summed E-state index contributed by atoms with van der Waals surface area (Å²) in [5, 5.41) is 6.05. The Morgan fingerprint density at radius 2 is 1.92 bits per heavy atom. The molecule has 0 bridgehead atoms. The molecule has 1 amide bonds. The van der Waals surface area contributed by atoms with E-state index in [9.17, 15) is 4.79 Å². The van der Waals surface area contributed by atoms with Crippen molar-refractivity contribution in [3.63, 3.8) is 0 Å². The van der Waals surface area contributed by atoms with Gasteiger partial charge in [-0.25, -0.2) is 4.98 Å². The van der Waals surface area contributed by atoms with Crippen molar-refractivity contribution >= 4 is 11.7 Å². The van der Waals surface area contributed by atoms with Crippen molar-refractivity contribution in [3.8, 4) is 0 Å². The number of nitrogens with one attached hydrogen (secondary N) is 2. The minimum Gasteiger partial charge on any atom is -0.467 e. The van der Waals surface area contributed by atoms with Gasteiger partial charge in [0.05, 0.1) is 18.4 Å². The number of carbonyl (C=O) groups is 1. The molecule has 0 aliphatic carbocycles. The summed E-state index contributed by atoms with van der Waals surface area (Å²) in [5.74, 6) is 1.42. The molecule has 24 heavy (non-hydrogen) atoms. The summed E-state index contributed by atoms with van der Waals surface area (Å²) in [6.07, 6.45) is 4.01. The Hall–Kier alpha value is -3.08. The van der Waals surface area contributed by atoms with Crippen LogP contribution in [0.5, 0.6) is 0 Å². The van der Waals surface area contributed by atoms with Gasteiger partial charge in [-0.3, -0.25) is 4.79 Å². The van der Waals surface area contributed by atoms with Gasteiger partial charge in [0.1, 0.15) is 11.6 Å². The van der Waals surface area contributed by atoms with Crippen LogP contribution in [0.1, 0.15) is 21.7 Å². The molecular weight excluding hydrogens is 302 g/mol. The number of anilines is 1. The lowest BCUT2D eigenvalue weighted by Crippen LogP contribution is -2.25. The van der Waals surface area contributed by atoms with Crippen LogP contribution >= 0.6 is 0 Å². The highest BCUT2D eigenvalue weighted by Gasteiger charge is 2.06. The maximum atomic E-state index is 12.1. The van der Waals surface area contributed by atoms with Crippen molar-refractivity contribution < 1.29 is 9.21 Å². The molecule has 0 saturated heterocycles. The molecule has 0 saturated carbocycles. The summed E-state index contributed by atoms with van der Waals surface area (Å²) in [4.78, 5) is 16.4. The normalized spacial score (nSPS) is 10.3. The van der Waals surface area contributed by atoms with Gasteiger partial charge in [0.25, 0.3) is 5.91 Å². The number of rotatable bonds is 7. The van der Waals surface area contributed by atoms with Gasteiger partial charge in [-0.05, 0) is 36.2 Å². The summed E-state index contributed by atoms with van der Waals surface area (Å²) in [7, 11) is 0. The number of nitrogens with zero attached hydrogens (tertiary/aromatic N) is 1. The molecule has 1 aromatic carbocycles.